The van der Waals surface area contributed by atoms with E-state index >= 15 is 0 Å². The highest BCUT2D eigenvalue weighted by molar-refractivity contribution is 7.27. The first-order valence-corrected chi connectivity index (χ1v) is 13.1. The van der Waals surface area contributed by atoms with Crippen LogP contribution in [0.4, 0.5) is 20.7 Å². The van der Waals surface area contributed by atoms with E-state index in [-0.39, 0.29) is 11.1 Å². The van der Waals surface area contributed by atoms with Crippen LogP contribution < -0.4 is 20.7 Å². The number of benzene rings is 2. The zero-order valence-electron chi connectivity index (χ0n) is 22.6. The summed E-state index contributed by atoms with van der Waals surface area (Å²) in [6, 6.07) is 17.8. The Morgan fingerprint density at radius 1 is 1.08 bits per heavy atom. The molecule has 0 aliphatic heterocycles. The second-order valence-electron chi connectivity index (χ2n) is 9.00. The lowest BCUT2D eigenvalue weighted by Crippen LogP contribution is -2.21. The summed E-state index contributed by atoms with van der Waals surface area (Å²) in [6.07, 6.45) is 2.33. The van der Waals surface area contributed by atoms with Gasteiger partial charge in [-0.2, -0.15) is 10.4 Å². The van der Waals surface area contributed by atoms with E-state index in [9.17, 15) is 9.18 Å². The van der Waals surface area contributed by atoms with Gasteiger partial charge in [-0.25, -0.2) is 18.9 Å². The van der Waals surface area contributed by atoms with E-state index in [1.54, 1.807) is 42.5 Å². The van der Waals surface area contributed by atoms with Crippen molar-refractivity contribution in [3.8, 4) is 23.3 Å². The number of aromatic nitrogens is 3. The molecule has 2 heterocycles. The second kappa shape index (κ2) is 13.0. The third kappa shape index (κ3) is 7.62. The number of nitriles is 1. The number of nitrogens with one attached hydrogen (secondary N) is 2. The number of rotatable bonds is 7. The van der Waals surface area contributed by atoms with Crippen LogP contribution in [0.5, 0.6) is 11.5 Å². The minimum atomic E-state index is -0.481. The summed E-state index contributed by atoms with van der Waals surface area (Å²) in [5.41, 5.74) is 1.82. The quantitative estimate of drug-likeness (QED) is 0.245. The summed E-state index contributed by atoms with van der Waals surface area (Å²) >= 11 is 0. The van der Waals surface area contributed by atoms with Crippen LogP contribution in [0.2, 0.25) is 0 Å². The molecule has 0 aliphatic rings. The van der Waals surface area contributed by atoms with E-state index < -0.39 is 11.8 Å². The van der Waals surface area contributed by atoms with Crippen LogP contribution in [0.3, 0.4) is 0 Å². The molecule has 2 aromatic carbocycles. The Labute approximate surface area is 230 Å². The van der Waals surface area contributed by atoms with Gasteiger partial charge in [-0.3, -0.25) is 5.32 Å². The first-order chi connectivity index (χ1) is 18.7. The topological polar surface area (TPSA) is 105 Å². The summed E-state index contributed by atoms with van der Waals surface area (Å²) in [5, 5.41) is 19.9. The second-order valence-corrected chi connectivity index (χ2v) is 9.67. The van der Waals surface area contributed by atoms with E-state index in [0.29, 0.717) is 34.0 Å². The molecular formula is C29H32FN6O2P. The van der Waals surface area contributed by atoms with Gasteiger partial charge in [0, 0.05) is 29.4 Å². The van der Waals surface area contributed by atoms with Gasteiger partial charge < -0.3 is 10.1 Å². The Bertz CT molecular complexity index is 1460. The van der Waals surface area contributed by atoms with Crippen molar-refractivity contribution in [3.63, 3.8) is 0 Å². The van der Waals surface area contributed by atoms with Crippen LogP contribution in [-0.2, 0) is 5.41 Å². The molecule has 2 amide bonds. The molecule has 4 rings (SSSR count). The number of pyridine rings is 1. The van der Waals surface area contributed by atoms with E-state index in [2.05, 4.69) is 50.7 Å². The third-order valence-corrected chi connectivity index (χ3v) is 6.20. The highest BCUT2D eigenvalue weighted by atomic mass is 31.0. The molecule has 10 heteroatoms. The van der Waals surface area contributed by atoms with Crippen LogP contribution in [0.15, 0.2) is 66.9 Å². The largest absolute Gasteiger partial charge is 0.457 e. The number of amides is 2. The maximum Gasteiger partial charge on any atom is 0.324 e. The van der Waals surface area contributed by atoms with E-state index in [1.807, 2.05) is 19.9 Å². The van der Waals surface area contributed by atoms with E-state index in [4.69, 9.17) is 10.00 Å². The Morgan fingerprint density at radius 2 is 1.79 bits per heavy atom. The molecule has 1 unspecified atom stereocenters. The van der Waals surface area contributed by atoms with Crippen molar-refractivity contribution in [2.45, 2.75) is 46.5 Å². The van der Waals surface area contributed by atoms with Gasteiger partial charge in [-0.1, -0.05) is 34.6 Å². The minimum absolute atomic E-state index is 0.242. The average Bonchev–Trinajstić information content (AvgIpc) is 3.35. The molecule has 0 aliphatic carbocycles. The summed E-state index contributed by atoms with van der Waals surface area (Å²) in [7, 11) is 2.48. The highest BCUT2D eigenvalue weighted by Gasteiger charge is 2.24. The van der Waals surface area contributed by atoms with Gasteiger partial charge in [0.15, 0.2) is 0 Å². The molecule has 0 spiro atoms. The highest BCUT2D eigenvalue weighted by Crippen LogP contribution is 2.30. The Balaban J connectivity index is 0.00000205. The molecule has 1 atom stereocenters. The van der Waals surface area contributed by atoms with Gasteiger partial charge in [0.1, 0.15) is 34.9 Å². The van der Waals surface area contributed by atoms with Gasteiger partial charge in [-0.05, 0) is 60.3 Å². The fraction of sp³-hybridized carbons (Fsp3) is 0.241. The predicted molar refractivity (Wildman–Crippen MR) is 156 cm³/mol. The lowest BCUT2D eigenvalue weighted by Gasteiger charge is -2.19. The number of halogens is 1. The van der Waals surface area contributed by atoms with Crippen molar-refractivity contribution >= 4 is 32.1 Å². The van der Waals surface area contributed by atoms with Gasteiger partial charge in [0.2, 0.25) is 0 Å². The van der Waals surface area contributed by atoms with Crippen molar-refractivity contribution in [2.24, 2.45) is 0 Å². The first kappa shape index (κ1) is 29.3. The summed E-state index contributed by atoms with van der Waals surface area (Å²) in [6.45, 7) is 10.2. The Morgan fingerprint density at radius 3 is 2.44 bits per heavy atom. The SMILES string of the molecule is CC.CCC(C)(C)c1cc(NC(=O)Nc2ccc(Oc3ccnc(C#N)c3)cc2)n(-c2cc(F)cc(P)c2)n1. The molecule has 0 saturated carbocycles. The van der Waals surface area contributed by atoms with Crippen molar-refractivity contribution in [2.75, 3.05) is 10.6 Å². The number of urea groups is 1. The number of anilines is 2. The molecule has 0 radical (unpaired) electrons. The Hall–Kier alpha value is -4.28. The molecule has 2 N–H and O–H groups in total. The Kier molecular flexibility index (Phi) is 9.75. The normalized spacial score (nSPS) is 10.6. The number of carbonyl (C=O) groups excluding carboxylic acids is 1. The molecular weight excluding hydrogens is 514 g/mol. The minimum Gasteiger partial charge on any atom is -0.457 e. The first-order valence-electron chi connectivity index (χ1n) is 12.6. The van der Waals surface area contributed by atoms with Crippen LogP contribution in [0, 0.1) is 17.1 Å². The number of nitrogens with zero attached hydrogens (tertiary/aromatic N) is 4. The summed E-state index contributed by atoms with van der Waals surface area (Å²) in [4.78, 5) is 16.8. The van der Waals surface area contributed by atoms with Gasteiger partial charge >= 0.3 is 6.03 Å². The van der Waals surface area contributed by atoms with Gasteiger partial charge in [0.25, 0.3) is 0 Å². The number of hydrogen-bond donors (Lipinski definition) is 2. The monoisotopic (exact) mass is 546 g/mol. The van der Waals surface area contributed by atoms with Crippen molar-refractivity contribution < 1.29 is 13.9 Å². The smallest absolute Gasteiger partial charge is 0.324 e. The van der Waals surface area contributed by atoms with Gasteiger partial charge in [0.05, 0.1) is 11.4 Å². The fourth-order valence-electron chi connectivity index (χ4n) is 3.45. The summed E-state index contributed by atoms with van der Waals surface area (Å²) in [5.74, 6) is 1.03. The molecule has 8 nitrogen and oxygen atoms in total. The van der Waals surface area contributed by atoms with Crippen LogP contribution >= 0.6 is 9.24 Å². The maximum atomic E-state index is 14.1. The zero-order valence-corrected chi connectivity index (χ0v) is 23.8. The lowest BCUT2D eigenvalue weighted by molar-refractivity contribution is 0.262. The molecule has 39 heavy (non-hydrogen) atoms. The van der Waals surface area contributed by atoms with Crippen LogP contribution in [0.1, 0.15) is 52.4 Å². The zero-order chi connectivity index (χ0) is 28.6. The van der Waals surface area contributed by atoms with Crippen LogP contribution in [0.25, 0.3) is 5.69 Å². The molecule has 202 valence electrons. The lowest BCUT2D eigenvalue weighted by atomic mass is 9.87. The predicted octanol–water partition coefficient (Wildman–Crippen LogP) is 6.93. The van der Waals surface area contributed by atoms with Crippen LogP contribution in [-0.4, -0.2) is 20.8 Å². The molecule has 2 aromatic heterocycles. The number of hydrogen-bond acceptors (Lipinski definition) is 5. The maximum absolute atomic E-state index is 14.1. The average molecular weight is 547 g/mol. The van der Waals surface area contributed by atoms with Gasteiger partial charge in [-0.15, -0.1) is 9.24 Å². The van der Waals surface area contributed by atoms with E-state index in [0.717, 1.165) is 12.1 Å². The molecule has 0 bridgehead atoms. The molecule has 4 aromatic rings. The molecule has 0 saturated heterocycles. The number of ether oxygens (including phenoxy) is 1. The van der Waals surface area contributed by atoms with Crippen molar-refractivity contribution in [3.05, 3.63) is 84.1 Å². The van der Waals surface area contributed by atoms with Crippen molar-refractivity contribution in [1.29, 1.82) is 5.26 Å². The third-order valence-electron chi connectivity index (χ3n) is 5.87. The fourth-order valence-corrected chi connectivity index (χ4v) is 3.78. The van der Waals surface area contributed by atoms with E-state index in [1.165, 1.54) is 29.1 Å². The number of carbonyl (C=O) groups is 1. The summed E-state index contributed by atoms with van der Waals surface area (Å²) < 4.78 is 21.4. The standard InChI is InChI=1S/C27H26FN6O2P.C2H6/c1-4-27(2,3)24-15-25(34(33-24)20-11-17(28)12-23(37)14-20)32-26(35)31-18-5-7-21(8-6-18)36-22-9-10-30-19(13-22)16-29;1-2/h5-15H,4,37H2,1-3H3,(H2,31,32,35);1-2H3. The molecule has 0 fully saturated rings. The van der Waals surface area contributed by atoms with Crippen molar-refractivity contribution in [1.82, 2.24) is 14.8 Å².